The summed E-state index contributed by atoms with van der Waals surface area (Å²) in [4.78, 5) is 174. The average molecular weight is 1660 g/mol. The molecular formula is C91H119N15O15. The van der Waals surface area contributed by atoms with Crippen molar-refractivity contribution in [3.63, 3.8) is 0 Å². The fourth-order valence-corrected chi connectivity index (χ4v) is 14.7. The van der Waals surface area contributed by atoms with Gasteiger partial charge in [0.2, 0.25) is 17.7 Å². The first-order valence-corrected chi connectivity index (χ1v) is 42.1. The number of amides is 9. The number of ether oxygens (including phenoxy) is 3. The average Bonchev–Trinajstić information content (AvgIpc) is 1.67. The van der Waals surface area contributed by atoms with Gasteiger partial charge in [-0.05, 0) is 178 Å². The Morgan fingerprint density at radius 1 is 0.421 bits per heavy atom. The van der Waals surface area contributed by atoms with Crippen LogP contribution in [0.3, 0.4) is 0 Å². The Morgan fingerprint density at radius 3 is 1.22 bits per heavy atom. The van der Waals surface area contributed by atoms with Gasteiger partial charge in [-0.1, -0.05) is 146 Å². The Hall–Kier alpha value is -11.4. The topological polar surface area (TPSA) is 380 Å². The first kappa shape index (κ1) is 91.9. The SMILES string of the molecule is CC(C)[C@@H]1OC(=O)C(C)(C)/C=C/c2ccc3ccc(nc3c2)CN(C)C(=O)[C@@H]2CCCN(N2)C(=O)[C@H](C)NC1=O.CC(C)[C@@H]1OC(=O)C(C)(C)/C=C/c2ccc3ccc(nc3c2)CNC(=O)[C@@H]2CCCN(N2)C(=O)[C@H](C)NC1=O.CCC[C@@]1(C)/C=C/c2ccc3ccc(nc3c2)[C@@H](C)NC(=O)[C@@H]2CCCN(N2)C(=O)[C@H](C)NC(=O)[C@H](C(C)C)OC1=O. The molecule has 0 radical (unpaired) electrons. The largest absolute Gasteiger partial charge is 0.451 e. The molecule has 0 aliphatic carbocycles. The van der Waals surface area contributed by atoms with Crippen molar-refractivity contribution in [1.82, 2.24) is 77.7 Å². The molecule has 648 valence electrons. The minimum absolute atomic E-state index is 0.146. The van der Waals surface area contributed by atoms with Crippen LogP contribution in [0.1, 0.15) is 202 Å². The van der Waals surface area contributed by atoms with Gasteiger partial charge in [0.05, 0.1) is 69.0 Å². The zero-order valence-electron chi connectivity index (χ0n) is 72.6. The zero-order chi connectivity index (χ0) is 88.1. The monoisotopic (exact) mass is 1660 g/mol. The first-order chi connectivity index (χ1) is 57.2. The van der Waals surface area contributed by atoms with E-state index in [1.54, 1.807) is 114 Å². The Morgan fingerprint density at radius 2 is 0.785 bits per heavy atom. The van der Waals surface area contributed by atoms with Crippen LogP contribution in [0.5, 0.6) is 0 Å². The quantitative estimate of drug-likeness (QED) is 0.0589. The second-order valence-corrected chi connectivity index (χ2v) is 34.8. The number of rotatable bonds is 5. The van der Waals surface area contributed by atoms with Crippen LogP contribution in [0.15, 0.2) is 109 Å². The number of nitrogens with one attached hydrogen (secondary N) is 8. The number of carbonyl (C=O) groups is 12. The summed E-state index contributed by atoms with van der Waals surface area (Å²) in [6.45, 7) is 29.8. The lowest BCUT2D eigenvalue weighted by Gasteiger charge is -2.36. The molecule has 3 saturated heterocycles. The highest BCUT2D eigenvalue weighted by atomic mass is 16.6. The van der Waals surface area contributed by atoms with Gasteiger partial charge >= 0.3 is 17.9 Å². The van der Waals surface area contributed by atoms with Crippen molar-refractivity contribution in [2.24, 2.45) is 34.0 Å². The van der Waals surface area contributed by atoms with Gasteiger partial charge in [0.15, 0.2) is 18.3 Å². The summed E-state index contributed by atoms with van der Waals surface area (Å²) < 4.78 is 17.2. The highest BCUT2D eigenvalue weighted by molar-refractivity contribution is 5.95. The van der Waals surface area contributed by atoms with E-state index in [-0.39, 0.29) is 65.8 Å². The van der Waals surface area contributed by atoms with Gasteiger partial charge in [-0.3, -0.25) is 87.5 Å². The van der Waals surface area contributed by atoms with E-state index in [1.165, 1.54) is 15.0 Å². The minimum Gasteiger partial charge on any atom is -0.451 e. The fourth-order valence-electron chi connectivity index (χ4n) is 14.7. The van der Waals surface area contributed by atoms with Gasteiger partial charge in [-0.25, -0.2) is 16.3 Å². The molecular weight excluding hydrogens is 1540 g/mol. The van der Waals surface area contributed by atoms with Crippen LogP contribution in [0.4, 0.5) is 0 Å². The summed E-state index contributed by atoms with van der Waals surface area (Å²) in [5.41, 5.74) is 13.1. The van der Waals surface area contributed by atoms with E-state index < -0.39 is 106 Å². The number of cyclic esters (lactones) is 3. The number of carbonyl (C=O) groups excluding carboxylic acids is 12. The number of fused-ring (bicyclic) bond motifs is 12. The molecule has 6 aromatic rings. The van der Waals surface area contributed by atoms with Crippen LogP contribution in [0.25, 0.3) is 50.9 Å². The van der Waals surface area contributed by atoms with Crippen LogP contribution < -0.4 is 42.9 Å². The summed E-state index contributed by atoms with van der Waals surface area (Å²) >= 11 is 0. The van der Waals surface area contributed by atoms with Crippen molar-refractivity contribution >= 4 is 122 Å². The fraction of sp³-hybridized carbons (Fsp3) is 0.505. The maximum absolute atomic E-state index is 13.6. The van der Waals surface area contributed by atoms with Gasteiger partial charge in [0.1, 0.15) is 36.3 Å². The third-order valence-corrected chi connectivity index (χ3v) is 22.4. The second-order valence-electron chi connectivity index (χ2n) is 34.8. The lowest BCUT2D eigenvalue weighted by molar-refractivity contribution is -0.166. The highest BCUT2D eigenvalue weighted by Crippen LogP contribution is 2.33. The van der Waals surface area contributed by atoms with E-state index >= 15 is 0 Å². The van der Waals surface area contributed by atoms with Gasteiger partial charge in [0.25, 0.3) is 35.4 Å². The molecule has 3 fully saturated rings. The molecule has 30 heteroatoms. The van der Waals surface area contributed by atoms with Crippen molar-refractivity contribution in [1.29, 1.82) is 0 Å². The van der Waals surface area contributed by atoms with Crippen LogP contribution in [0, 0.1) is 34.0 Å². The molecule has 3 aromatic carbocycles. The van der Waals surface area contributed by atoms with E-state index in [0.717, 1.165) is 61.5 Å². The number of benzene rings is 3. The molecule has 11 atom stereocenters. The number of nitrogens with zero attached hydrogens (tertiary/aromatic N) is 7. The molecule has 0 saturated carbocycles. The molecule has 6 aliphatic heterocycles. The number of esters is 3. The van der Waals surface area contributed by atoms with E-state index in [1.807, 2.05) is 136 Å². The molecule has 9 heterocycles. The summed E-state index contributed by atoms with van der Waals surface area (Å²) in [7, 11) is 1.72. The minimum atomic E-state index is -1.08. The van der Waals surface area contributed by atoms with Gasteiger partial charge in [-0.2, -0.15) is 0 Å². The smallest absolute Gasteiger partial charge is 0.316 e. The number of hydrogen-bond donors (Lipinski definition) is 8. The lowest BCUT2D eigenvalue weighted by atomic mass is 9.84. The molecule has 9 amide bonds. The van der Waals surface area contributed by atoms with Crippen molar-refractivity contribution in [2.45, 2.75) is 236 Å². The third-order valence-electron chi connectivity index (χ3n) is 22.4. The number of hydrogen-bond acceptors (Lipinski definition) is 21. The Bertz CT molecular complexity index is 4980. The summed E-state index contributed by atoms with van der Waals surface area (Å²) in [6.07, 6.45) is 12.5. The van der Waals surface area contributed by atoms with Gasteiger partial charge < -0.3 is 45.7 Å². The van der Waals surface area contributed by atoms with E-state index in [9.17, 15) is 57.5 Å². The molecule has 121 heavy (non-hydrogen) atoms. The van der Waals surface area contributed by atoms with Crippen LogP contribution >= 0.6 is 0 Å². The third kappa shape index (κ3) is 23.4. The molecule has 0 unspecified atom stereocenters. The highest BCUT2D eigenvalue weighted by Gasteiger charge is 2.42. The van der Waals surface area contributed by atoms with Crippen molar-refractivity contribution in [2.75, 3.05) is 26.7 Å². The van der Waals surface area contributed by atoms with Crippen LogP contribution in [-0.4, -0.2) is 187 Å². The molecule has 6 aliphatic rings. The van der Waals surface area contributed by atoms with Crippen molar-refractivity contribution in [3.05, 3.63) is 143 Å². The number of likely N-dealkylation sites (N-methyl/N-ethyl adjacent to an activating group) is 1. The van der Waals surface area contributed by atoms with Gasteiger partial charge in [-0.15, -0.1) is 0 Å². The Kier molecular flexibility index (Phi) is 30.3. The number of aromatic nitrogens is 3. The molecule has 3 aromatic heterocycles. The number of pyridine rings is 3. The predicted octanol–water partition coefficient (Wildman–Crippen LogP) is 9.10. The molecule has 12 rings (SSSR count). The molecule has 8 N–H and O–H groups in total. The summed E-state index contributed by atoms with van der Waals surface area (Å²) in [6, 6.07) is 24.2. The summed E-state index contributed by atoms with van der Waals surface area (Å²) in [5.74, 6) is -5.94. The number of hydrazine groups is 3. The Balaban J connectivity index is 0.000000191. The maximum atomic E-state index is 13.6. The second kappa shape index (κ2) is 39.9. The van der Waals surface area contributed by atoms with Crippen molar-refractivity contribution < 1.29 is 71.7 Å². The standard InChI is InChI=1S/C32H43N5O5.C30H39N5O5.C29H37N5O5/c1-7-15-32(6)16-14-22-10-11-23-12-13-24(35-26(23)18-22)20(4)33-28(38)25-9-8-17-37(36-25)30(40)21(5)34-29(39)27(19(2)3)42-31(32)41;1-18(2)25-26(36)31-19(3)27(37)35-15-7-8-23(33-35)28(38)34(6)17-22-12-11-21-10-9-20(16-24(21)32-22)13-14-30(4,5)29(39)40-25;1-17(2)24-26(36)31-18(3)27(37)34-14-6-7-22(33-34)25(35)30-16-21-11-10-20-9-8-19(15-23(20)32-21)12-13-29(4,5)28(38)39-24/h10-14,16,18-21,25,27,36H,7-9,15,17H2,1-6H3,(H,33,38)(H,34,39);9-14,16,18-19,23,25,33H,7-8,15,17H2,1-6H3,(H,31,36);8-13,15,17-18,22,24,33H,6-7,14,16H2,1-5H3,(H,30,35)(H,31,36)/b16-14+;14-13+;13-12+/t20-,21+,25+,27+,32+;19-,23-,25-;18-,22-,24-/m100/s1. The predicted molar refractivity (Wildman–Crippen MR) is 458 cm³/mol. The lowest BCUT2D eigenvalue weighted by Crippen LogP contribution is -2.61. The van der Waals surface area contributed by atoms with Gasteiger partial charge in [0, 0.05) is 42.8 Å². The van der Waals surface area contributed by atoms with Crippen LogP contribution in [0.2, 0.25) is 0 Å². The van der Waals surface area contributed by atoms with E-state index in [0.29, 0.717) is 82.5 Å². The Labute approximate surface area is 707 Å². The molecule has 15 bridgehead atoms. The van der Waals surface area contributed by atoms with E-state index in [4.69, 9.17) is 29.2 Å². The normalized spacial score (nSPS) is 26.7. The van der Waals surface area contributed by atoms with E-state index in [2.05, 4.69) is 42.9 Å². The summed E-state index contributed by atoms with van der Waals surface area (Å²) in [5, 5.41) is 21.1. The molecule has 30 nitrogen and oxygen atoms in total. The first-order valence-electron chi connectivity index (χ1n) is 42.1. The molecule has 0 spiro atoms. The van der Waals surface area contributed by atoms with Crippen molar-refractivity contribution in [3.8, 4) is 0 Å². The maximum Gasteiger partial charge on any atom is 0.316 e. The zero-order valence-corrected chi connectivity index (χ0v) is 72.6. The van der Waals surface area contributed by atoms with Crippen LogP contribution in [-0.2, 0) is 84.8 Å².